The van der Waals surface area contributed by atoms with Crippen molar-refractivity contribution in [3.63, 3.8) is 0 Å². The normalized spacial score (nSPS) is 28.8. The van der Waals surface area contributed by atoms with E-state index in [4.69, 9.17) is 4.74 Å². The number of fused-ring (bicyclic) bond motifs is 1. The monoisotopic (exact) mass is 150 g/mol. The second-order valence-electron chi connectivity index (χ2n) is 2.90. The van der Waals surface area contributed by atoms with Gasteiger partial charge < -0.3 is 4.74 Å². The zero-order valence-corrected chi connectivity index (χ0v) is 6.46. The van der Waals surface area contributed by atoms with Crippen molar-refractivity contribution in [1.82, 2.24) is 0 Å². The smallest absolute Gasteiger partial charge is 0.338 e. The Morgan fingerprint density at radius 3 is 2.91 bits per heavy atom. The minimum absolute atomic E-state index is 0.0194. The molecule has 1 heterocycles. The van der Waals surface area contributed by atoms with Crippen molar-refractivity contribution in [3.8, 4) is 0 Å². The van der Waals surface area contributed by atoms with Gasteiger partial charge in [-0.15, -0.1) is 0 Å². The second-order valence-corrected chi connectivity index (χ2v) is 2.90. The molecule has 0 amide bonds. The molecule has 58 valence electrons. The molecule has 0 aromatic heterocycles. The largest absolute Gasteiger partial charge is 0.454 e. The molecule has 1 aliphatic carbocycles. The van der Waals surface area contributed by atoms with Crippen LogP contribution in [0, 0.1) is 0 Å². The maximum absolute atomic E-state index is 11.1. The quantitative estimate of drug-likeness (QED) is 0.490. The molecular weight excluding hydrogens is 140 g/mol. The summed E-state index contributed by atoms with van der Waals surface area (Å²) in [4.78, 5) is 11.1. The average molecular weight is 150 g/mol. The number of rotatable bonds is 0. The summed E-state index contributed by atoms with van der Waals surface area (Å²) in [6.07, 6.45) is 6.07. The number of esters is 1. The van der Waals surface area contributed by atoms with Gasteiger partial charge >= 0.3 is 5.97 Å². The summed E-state index contributed by atoms with van der Waals surface area (Å²) in [7, 11) is 0. The number of ether oxygens (including phenoxy) is 1. The maximum atomic E-state index is 11.1. The summed E-state index contributed by atoms with van der Waals surface area (Å²) in [6.45, 7) is 1.91. The highest BCUT2D eigenvalue weighted by Gasteiger charge is 2.31. The predicted octanol–water partition coefficient (Wildman–Crippen LogP) is 1.58. The van der Waals surface area contributed by atoms with Gasteiger partial charge in [0.25, 0.3) is 0 Å². The van der Waals surface area contributed by atoms with Gasteiger partial charge in [0.05, 0.1) is 5.57 Å². The summed E-state index contributed by atoms with van der Waals surface area (Å²) in [5.41, 5.74) is 1.88. The van der Waals surface area contributed by atoms with Crippen LogP contribution in [0.1, 0.15) is 19.8 Å². The van der Waals surface area contributed by atoms with E-state index in [1.54, 1.807) is 0 Å². The Labute approximate surface area is 65.5 Å². The molecule has 2 rings (SSSR count). The van der Waals surface area contributed by atoms with E-state index in [9.17, 15) is 4.79 Å². The fourth-order valence-electron chi connectivity index (χ4n) is 1.57. The lowest BCUT2D eigenvalue weighted by molar-refractivity contribution is -0.137. The molecule has 1 unspecified atom stereocenters. The summed E-state index contributed by atoms with van der Waals surface area (Å²) in [6, 6.07) is 0. The Morgan fingerprint density at radius 2 is 2.18 bits per heavy atom. The van der Waals surface area contributed by atoms with Gasteiger partial charge in [0.1, 0.15) is 6.10 Å². The summed E-state index contributed by atoms with van der Waals surface area (Å²) in [5, 5.41) is 0. The van der Waals surface area contributed by atoms with E-state index in [1.165, 1.54) is 0 Å². The molecular formula is C9H10O2. The van der Waals surface area contributed by atoms with Gasteiger partial charge in [0.2, 0.25) is 0 Å². The highest BCUT2D eigenvalue weighted by molar-refractivity contribution is 5.97. The van der Waals surface area contributed by atoms with Crippen molar-refractivity contribution in [2.45, 2.75) is 25.9 Å². The summed E-state index contributed by atoms with van der Waals surface area (Å²) < 4.78 is 5.03. The summed E-state index contributed by atoms with van der Waals surface area (Å²) in [5.74, 6) is -0.150. The maximum Gasteiger partial charge on any atom is 0.338 e. The van der Waals surface area contributed by atoms with Crippen LogP contribution in [0.2, 0.25) is 0 Å². The number of hydrogen-bond acceptors (Lipinski definition) is 2. The molecule has 11 heavy (non-hydrogen) atoms. The van der Waals surface area contributed by atoms with Crippen LogP contribution in [0.4, 0.5) is 0 Å². The van der Waals surface area contributed by atoms with Crippen LogP contribution < -0.4 is 0 Å². The third-order valence-corrected chi connectivity index (χ3v) is 2.13. The standard InChI is InChI=1S/C9H10O2/c1-6-7-4-2-3-5-8(7)9(10)11-6/h4-6H,2-3H2,1H3. The number of hydrogen-bond donors (Lipinski definition) is 0. The number of carbonyl (C=O) groups is 1. The zero-order chi connectivity index (χ0) is 7.84. The molecule has 0 saturated carbocycles. The molecule has 0 aromatic rings. The molecule has 2 nitrogen and oxygen atoms in total. The van der Waals surface area contributed by atoms with E-state index in [0.717, 1.165) is 24.0 Å². The fourth-order valence-corrected chi connectivity index (χ4v) is 1.57. The van der Waals surface area contributed by atoms with Crippen LogP contribution in [0.25, 0.3) is 0 Å². The van der Waals surface area contributed by atoms with E-state index >= 15 is 0 Å². The van der Waals surface area contributed by atoms with Gasteiger partial charge in [-0.05, 0) is 19.8 Å². The Bertz CT molecular complexity index is 261. The molecule has 0 radical (unpaired) electrons. The first-order chi connectivity index (χ1) is 5.29. The summed E-state index contributed by atoms with van der Waals surface area (Å²) >= 11 is 0. The third-order valence-electron chi connectivity index (χ3n) is 2.13. The molecule has 1 fully saturated rings. The van der Waals surface area contributed by atoms with Crippen LogP contribution in [-0.2, 0) is 9.53 Å². The molecule has 2 heteroatoms. The van der Waals surface area contributed by atoms with Crippen molar-refractivity contribution in [2.75, 3.05) is 0 Å². The number of allylic oxidation sites excluding steroid dienone is 2. The third kappa shape index (κ3) is 0.897. The van der Waals surface area contributed by atoms with E-state index in [2.05, 4.69) is 6.08 Å². The number of cyclic esters (lactones) is 1. The van der Waals surface area contributed by atoms with E-state index in [0.29, 0.717) is 0 Å². The molecule has 0 N–H and O–H groups in total. The van der Waals surface area contributed by atoms with Crippen molar-refractivity contribution in [1.29, 1.82) is 0 Å². The van der Waals surface area contributed by atoms with Crippen LogP contribution in [0.3, 0.4) is 0 Å². The fraction of sp³-hybridized carbons (Fsp3) is 0.444. The van der Waals surface area contributed by atoms with Crippen LogP contribution >= 0.6 is 0 Å². The molecule has 0 aromatic carbocycles. The lowest BCUT2D eigenvalue weighted by Gasteiger charge is -2.05. The van der Waals surface area contributed by atoms with Crippen molar-refractivity contribution >= 4 is 5.97 Å². The molecule has 0 bridgehead atoms. The Balaban J connectivity index is 2.41. The second kappa shape index (κ2) is 2.22. The van der Waals surface area contributed by atoms with E-state index in [-0.39, 0.29) is 12.1 Å². The first-order valence-electron chi connectivity index (χ1n) is 3.90. The highest BCUT2D eigenvalue weighted by Crippen LogP contribution is 2.30. The highest BCUT2D eigenvalue weighted by atomic mass is 16.5. The minimum atomic E-state index is -0.150. The SMILES string of the molecule is CC1OC(=O)C2=CCCC=C21. The average Bonchev–Trinajstić information content (AvgIpc) is 2.30. The first kappa shape index (κ1) is 6.65. The van der Waals surface area contributed by atoms with E-state index < -0.39 is 0 Å². The lowest BCUT2D eigenvalue weighted by Crippen LogP contribution is -2.01. The molecule has 1 aliphatic heterocycles. The predicted molar refractivity (Wildman–Crippen MR) is 41.0 cm³/mol. The van der Waals surface area contributed by atoms with Crippen molar-refractivity contribution in [3.05, 3.63) is 23.3 Å². The van der Waals surface area contributed by atoms with Gasteiger partial charge in [0, 0.05) is 5.57 Å². The molecule has 1 saturated heterocycles. The topological polar surface area (TPSA) is 26.3 Å². The van der Waals surface area contributed by atoms with Crippen LogP contribution in [0.15, 0.2) is 23.3 Å². The number of carbonyl (C=O) groups excluding carboxylic acids is 1. The van der Waals surface area contributed by atoms with Gasteiger partial charge in [-0.2, -0.15) is 0 Å². The van der Waals surface area contributed by atoms with Gasteiger partial charge in [0.15, 0.2) is 0 Å². The first-order valence-corrected chi connectivity index (χ1v) is 3.90. The Morgan fingerprint density at radius 1 is 1.45 bits per heavy atom. The lowest BCUT2D eigenvalue weighted by atomic mass is 9.97. The molecule has 0 spiro atoms. The Hall–Kier alpha value is -1.05. The van der Waals surface area contributed by atoms with Crippen LogP contribution in [0.5, 0.6) is 0 Å². The van der Waals surface area contributed by atoms with Gasteiger partial charge in [-0.3, -0.25) is 0 Å². The van der Waals surface area contributed by atoms with Gasteiger partial charge in [-0.25, -0.2) is 4.79 Å². The van der Waals surface area contributed by atoms with Crippen LogP contribution in [-0.4, -0.2) is 12.1 Å². The molecule has 2 aliphatic rings. The Kier molecular flexibility index (Phi) is 1.34. The van der Waals surface area contributed by atoms with E-state index in [1.807, 2.05) is 13.0 Å². The van der Waals surface area contributed by atoms with Gasteiger partial charge in [-0.1, -0.05) is 12.2 Å². The zero-order valence-electron chi connectivity index (χ0n) is 6.46. The van der Waals surface area contributed by atoms with Crippen molar-refractivity contribution in [2.24, 2.45) is 0 Å². The molecule has 1 atom stereocenters. The van der Waals surface area contributed by atoms with Crippen molar-refractivity contribution < 1.29 is 9.53 Å². The minimum Gasteiger partial charge on any atom is -0.454 e.